The molecule has 0 fully saturated rings. The molecule has 0 saturated heterocycles. The minimum Gasteiger partial charge on any atom is -0.356 e. The Kier molecular flexibility index (Phi) is 7.54. The highest BCUT2D eigenvalue weighted by Crippen LogP contribution is 2.19. The number of amides is 1. The number of halogens is 2. The van der Waals surface area contributed by atoms with Gasteiger partial charge in [-0.05, 0) is 61.9 Å². The van der Waals surface area contributed by atoms with E-state index in [0.717, 1.165) is 23.5 Å². The van der Waals surface area contributed by atoms with Crippen LogP contribution in [0.5, 0.6) is 0 Å². The minimum absolute atomic E-state index is 0.0496. The van der Waals surface area contributed by atoms with Gasteiger partial charge in [-0.2, -0.15) is 5.10 Å². The molecule has 0 radical (unpaired) electrons. The number of carbonyl (C=O) groups excluding carboxylic acids is 1. The summed E-state index contributed by atoms with van der Waals surface area (Å²) in [5.41, 5.74) is 4.38. The molecular weight excluding hydrogens is 369 g/mol. The number of hydrogen-bond donors (Lipinski definition) is 1. The van der Waals surface area contributed by atoms with Crippen LogP contribution in [0.1, 0.15) is 42.8 Å². The lowest BCUT2D eigenvalue weighted by Crippen LogP contribution is -2.26. The first-order valence-corrected chi connectivity index (χ1v) is 9.76. The zero-order valence-electron chi connectivity index (χ0n) is 15.9. The fourth-order valence-electron chi connectivity index (χ4n) is 3.05. The van der Waals surface area contributed by atoms with E-state index in [4.69, 9.17) is 23.2 Å². The zero-order valence-corrected chi connectivity index (χ0v) is 17.4. The smallest absolute Gasteiger partial charge is 0.220 e. The summed E-state index contributed by atoms with van der Waals surface area (Å²) in [7, 11) is 0. The maximum atomic E-state index is 12.2. The lowest BCUT2D eigenvalue weighted by molar-refractivity contribution is -0.121. The molecule has 0 atom stereocenters. The molecule has 0 bridgehead atoms. The third-order valence-electron chi connectivity index (χ3n) is 4.33. The number of aryl methyl sites for hydroxylation is 1. The molecule has 2 aromatic rings. The summed E-state index contributed by atoms with van der Waals surface area (Å²) < 4.78 is 2.05. The summed E-state index contributed by atoms with van der Waals surface area (Å²) in [4.78, 5) is 12.2. The quantitative estimate of drug-likeness (QED) is 0.700. The fraction of sp³-hybridized carbons (Fsp3) is 0.500. The van der Waals surface area contributed by atoms with Crippen LogP contribution >= 0.6 is 23.2 Å². The molecule has 0 aliphatic rings. The van der Waals surface area contributed by atoms with E-state index in [-0.39, 0.29) is 5.91 Å². The van der Waals surface area contributed by atoms with E-state index in [1.165, 1.54) is 5.56 Å². The van der Waals surface area contributed by atoms with Gasteiger partial charge in [0.15, 0.2) is 0 Å². The average molecular weight is 396 g/mol. The zero-order chi connectivity index (χ0) is 19.3. The molecule has 0 unspecified atom stereocenters. The molecule has 2 rings (SSSR count). The number of nitrogens with zero attached hydrogens (tertiary/aromatic N) is 2. The first-order chi connectivity index (χ1) is 12.3. The number of benzene rings is 1. The monoisotopic (exact) mass is 395 g/mol. The third kappa shape index (κ3) is 6.03. The third-order valence-corrected chi connectivity index (χ3v) is 4.77. The maximum Gasteiger partial charge on any atom is 0.220 e. The van der Waals surface area contributed by atoms with Gasteiger partial charge in [0.05, 0.1) is 5.69 Å². The van der Waals surface area contributed by atoms with E-state index in [1.807, 2.05) is 19.1 Å². The molecule has 26 heavy (non-hydrogen) atoms. The van der Waals surface area contributed by atoms with Crippen molar-refractivity contribution < 1.29 is 4.79 Å². The molecule has 142 valence electrons. The molecule has 1 heterocycles. The second-order valence-electron chi connectivity index (χ2n) is 7.10. The van der Waals surface area contributed by atoms with E-state index in [0.29, 0.717) is 41.8 Å². The van der Waals surface area contributed by atoms with E-state index in [9.17, 15) is 4.79 Å². The van der Waals surface area contributed by atoms with Crippen LogP contribution in [-0.4, -0.2) is 22.2 Å². The van der Waals surface area contributed by atoms with Gasteiger partial charge in [0.25, 0.3) is 0 Å². The molecule has 4 nitrogen and oxygen atoms in total. The summed E-state index contributed by atoms with van der Waals surface area (Å²) in [6.45, 7) is 9.92. The van der Waals surface area contributed by atoms with E-state index < -0.39 is 0 Å². The Balaban J connectivity index is 1.82. The molecule has 0 spiro atoms. The van der Waals surface area contributed by atoms with Crippen LogP contribution in [0.3, 0.4) is 0 Å². The second-order valence-corrected chi connectivity index (χ2v) is 7.98. The summed E-state index contributed by atoms with van der Waals surface area (Å²) in [5.74, 6) is 0.595. The van der Waals surface area contributed by atoms with Gasteiger partial charge in [-0.1, -0.05) is 37.0 Å². The van der Waals surface area contributed by atoms with Gasteiger partial charge in [-0.25, -0.2) is 0 Å². The van der Waals surface area contributed by atoms with Crippen molar-refractivity contribution in [2.75, 3.05) is 6.54 Å². The number of rotatable bonds is 8. The van der Waals surface area contributed by atoms with Gasteiger partial charge < -0.3 is 5.32 Å². The second kappa shape index (κ2) is 9.43. The Bertz CT molecular complexity index is 748. The Morgan fingerprint density at radius 3 is 2.42 bits per heavy atom. The highest BCUT2D eigenvalue weighted by Gasteiger charge is 2.13. The van der Waals surface area contributed by atoms with Crippen LogP contribution in [0.2, 0.25) is 10.0 Å². The molecule has 0 aliphatic carbocycles. The van der Waals surface area contributed by atoms with Crippen LogP contribution in [0.15, 0.2) is 18.2 Å². The van der Waals surface area contributed by atoms with Crippen molar-refractivity contribution >= 4 is 29.1 Å². The first kappa shape index (κ1) is 20.8. The van der Waals surface area contributed by atoms with Crippen molar-refractivity contribution in [3.8, 4) is 0 Å². The Morgan fingerprint density at radius 1 is 1.15 bits per heavy atom. The highest BCUT2D eigenvalue weighted by molar-refractivity contribution is 6.34. The lowest BCUT2D eigenvalue weighted by atomic mass is 10.1. The standard InChI is InChI=1S/C20H27Cl2N3O/c1-13(2)12-25-15(4)19(14(3)24-25)5-6-20(26)23-8-7-16-9-17(21)11-18(22)10-16/h9-11,13H,5-8,12H2,1-4H3,(H,23,26). The van der Waals surface area contributed by atoms with Gasteiger partial charge in [0, 0.05) is 35.2 Å². The molecule has 6 heteroatoms. The van der Waals surface area contributed by atoms with Crippen LogP contribution in [-0.2, 0) is 24.2 Å². The van der Waals surface area contributed by atoms with Crippen LogP contribution in [0.25, 0.3) is 0 Å². The minimum atomic E-state index is 0.0496. The first-order valence-electron chi connectivity index (χ1n) is 9.00. The maximum absolute atomic E-state index is 12.2. The summed E-state index contributed by atoms with van der Waals surface area (Å²) >= 11 is 12.0. The van der Waals surface area contributed by atoms with Crippen molar-refractivity contribution in [2.24, 2.45) is 5.92 Å². The van der Waals surface area contributed by atoms with Gasteiger partial charge >= 0.3 is 0 Å². The predicted molar refractivity (Wildman–Crippen MR) is 108 cm³/mol. The number of carbonyl (C=O) groups is 1. The number of hydrogen-bond acceptors (Lipinski definition) is 2. The molecule has 1 aromatic heterocycles. The number of nitrogens with one attached hydrogen (secondary N) is 1. The lowest BCUT2D eigenvalue weighted by Gasteiger charge is -2.08. The largest absolute Gasteiger partial charge is 0.356 e. The summed E-state index contributed by atoms with van der Waals surface area (Å²) in [6, 6.07) is 5.44. The normalized spacial score (nSPS) is 11.2. The van der Waals surface area contributed by atoms with Gasteiger partial charge in [-0.3, -0.25) is 9.48 Å². The average Bonchev–Trinajstić information content (AvgIpc) is 2.77. The molecule has 1 N–H and O–H groups in total. The highest BCUT2D eigenvalue weighted by atomic mass is 35.5. The van der Waals surface area contributed by atoms with Crippen molar-refractivity contribution in [2.45, 2.75) is 53.5 Å². The van der Waals surface area contributed by atoms with E-state index >= 15 is 0 Å². The van der Waals surface area contributed by atoms with Gasteiger partial charge in [0.2, 0.25) is 5.91 Å². The van der Waals surface area contributed by atoms with Crippen molar-refractivity contribution in [1.29, 1.82) is 0 Å². The predicted octanol–water partition coefficient (Wildman–Crippen LogP) is 4.75. The topological polar surface area (TPSA) is 46.9 Å². The fourth-order valence-corrected chi connectivity index (χ4v) is 3.62. The Hall–Kier alpha value is -1.52. The molecule has 0 aliphatic heterocycles. The van der Waals surface area contributed by atoms with Crippen molar-refractivity contribution in [1.82, 2.24) is 15.1 Å². The number of aromatic nitrogens is 2. The van der Waals surface area contributed by atoms with Crippen molar-refractivity contribution in [3.05, 3.63) is 50.8 Å². The van der Waals surface area contributed by atoms with Gasteiger partial charge in [0.1, 0.15) is 0 Å². The Labute approximate surface area is 165 Å². The molecule has 1 aromatic carbocycles. The SMILES string of the molecule is Cc1nn(CC(C)C)c(C)c1CCC(=O)NCCc1cc(Cl)cc(Cl)c1. The van der Waals surface area contributed by atoms with E-state index in [2.05, 4.69) is 35.9 Å². The summed E-state index contributed by atoms with van der Waals surface area (Å²) in [5, 5.41) is 8.80. The van der Waals surface area contributed by atoms with Crippen LogP contribution in [0, 0.1) is 19.8 Å². The Morgan fingerprint density at radius 2 is 1.81 bits per heavy atom. The molecule has 0 saturated carbocycles. The molecular formula is C20H27Cl2N3O. The van der Waals surface area contributed by atoms with Crippen molar-refractivity contribution in [3.63, 3.8) is 0 Å². The van der Waals surface area contributed by atoms with E-state index in [1.54, 1.807) is 6.07 Å². The molecule has 1 amide bonds. The van der Waals surface area contributed by atoms with Crippen LogP contribution in [0.4, 0.5) is 0 Å². The van der Waals surface area contributed by atoms with Gasteiger partial charge in [-0.15, -0.1) is 0 Å². The summed E-state index contributed by atoms with van der Waals surface area (Å²) in [6.07, 6.45) is 1.88. The van der Waals surface area contributed by atoms with Crippen LogP contribution < -0.4 is 5.32 Å².